The van der Waals surface area contributed by atoms with Gasteiger partial charge in [0.05, 0.1) is 34.2 Å². The van der Waals surface area contributed by atoms with Gasteiger partial charge in [-0.05, 0) is 48.7 Å². The average Bonchev–Trinajstić information content (AvgIpc) is 3.45. The highest BCUT2D eigenvalue weighted by Crippen LogP contribution is 2.52. The summed E-state index contributed by atoms with van der Waals surface area (Å²) in [6.07, 6.45) is 5.35. The van der Waals surface area contributed by atoms with Crippen LogP contribution in [0.4, 0.5) is 0 Å². The molecule has 0 unspecified atom stereocenters. The molecule has 1 saturated carbocycles. The number of aromatic nitrogens is 3. The second kappa shape index (κ2) is 7.16. The van der Waals surface area contributed by atoms with Crippen molar-refractivity contribution >= 4 is 22.9 Å². The van der Waals surface area contributed by atoms with Gasteiger partial charge in [-0.25, -0.2) is 9.59 Å². The van der Waals surface area contributed by atoms with Crippen molar-refractivity contribution in [2.24, 2.45) is 7.05 Å². The average molecular weight is 481 g/mol. The fraction of sp³-hybridized carbons (Fsp3) is 0.286. The molecule has 2 fully saturated rings. The number of hydrogen-bond acceptors (Lipinski definition) is 5. The van der Waals surface area contributed by atoms with E-state index in [0.29, 0.717) is 25.1 Å². The molecule has 2 aromatic carbocycles. The lowest BCUT2D eigenvalue weighted by Crippen LogP contribution is -2.40. The van der Waals surface area contributed by atoms with E-state index in [1.807, 2.05) is 59.5 Å². The molecule has 4 aromatic rings. The minimum Gasteiger partial charge on any atom is -0.449 e. The van der Waals surface area contributed by atoms with Crippen LogP contribution in [-0.4, -0.2) is 44.0 Å². The topological polar surface area (TPSA) is 86.4 Å². The maximum absolute atomic E-state index is 13.8. The van der Waals surface area contributed by atoms with Gasteiger partial charge in [0.2, 0.25) is 5.91 Å². The minimum absolute atomic E-state index is 0.0769. The van der Waals surface area contributed by atoms with Gasteiger partial charge in [0, 0.05) is 38.0 Å². The molecule has 2 aliphatic heterocycles. The number of benzene rings is 2. The van der Waals surface area contributed by atoms with Crippen molar-refractivity contribution in [1.29, 1.82) is 0 Å². The maximum Gasteiger partial charge on any atom is 0.341 e. The second-order valence-corrected chi connectivity index (χ2v) is 10.1. The Labute approximate surface area is 206 Å². The normalized spacial score (nSPS) is 21.7. The Balaban J connectivity index is 1.18. The SMILES string of the molecule is Cn1c(=O)n(-c2ccc(C3(C(=O)N4CC[C@@]5(C4)OC(=O)c4cnccc45)CC3)cc2)c2ccccc21. The number of para-hydroxylation sites is 2. The maximum atomic E-state index is 13.8. The Morgan fingerprint density at radius 1 is 0.972 bits per heavy atom. The van der Waals surface area contributed by atoms with Crippen LogP contribution in [0.3, 0.4) is 0 Å². The van der Waals surface area contributed by atoms with E-state index in [4.69, 9.17) is 4.74 Å². The predicted molar refractivity (Wildman–Crippen MR) is 132 cm³/mol. The Bertz CT molecular complexity index is 1630. The number of nitrogens with zero attached hydrogens (tertiary/aromatic N) is 4. The molecular formula is C28H24N4O4. The van der Waals surface area contributed by atoms with Gasteiger partial charge in [0.15, 0.2) is 5.60 Å². The summed E-state index contributed by atoms with van der Waals surface area (Å²) in [6, 6.07) is 17.3. The lowest BCUT2D eigenvalue weighted by molar-refractivity contribution is -0.134. The molecule has 1 saturated heterocycles. The number of carbonyl (C=O) groups excluding carboxylic acids is 2. The lowest BCUT2D eigenvalue weighted by atomic mass is 9.92. The Morgan fingerprint density at radius 3 is 2.47 bits per heavy atom. The van der Waals surface area contributed by atoms with Crippen LogP contribution in [0, 0.1) is 0 Å². The van der Waals surface area contributed by atoms with Crippen molar-refractivity contribution < 1.29 is 14.3 Å². The van der Waals surface area contributed by atoms with Gasteiger partial charge < -0.3 is 9.64 Å². The highest BCUT2D eigenvalue weighted by atomic mass is 16.6. The van der Waals surface area contributed by atoms with Crippen molar-refractivity contribution in [2.75, 3.05) is 13.1 Å². The summed E-state index contributed by atoms with van der Waals surface area (Å²) in [5.74, 6) is -0.291. The monoisotopic (exact) mass is 480 g/mol. The molecule has 36 heavy (non-hydrogen) atoms. The van der Waals surface area contributed by atoms with Crippen LogP contribution in [0.25, 0.3) is 16.7 Å². The van der Waals surface area contributed by atoms with E-state index >= 15 is 0 Å². The molecule has 0 radical (unpaired) electrons. The van der Waals surface area contributed by atoms with Crippen LogP contribution < -0.4 is 5.69 Å². The Kier molecular flexibility index (Phi) is 4.20. The Morgan fingerprint density at radius 2 is 1.72 bits per heavy atom. The number of aryl methyl sites for hydroxylation is 1. The molecule has 1 spiro atoms. The largest absolute Gasteiger partial charge is 0.449 e. The molecule has 2 aromatic heterocycles. The van der Waals surface area contributed by atoms with E-state index in [1.54, 1.807) is 28.6 Å². The molecule has 3 aliphatic rings. The van der Waals surface area contributed by atoms with Crippen LogP contribution in [0.15, 0.2) is 71.8 Å². The number of carbonyl (C=O) groups is 2. The third kappa shape index (κ3) is 2.75. The number of pyridine rings is 1. The zero-order valence-electron chi connectivity index (χ0n) is 19.8. The third-order valence-electron chi connectivity index (χ3n) is 8.14. The molecule has 1 amide bonds. The van der Waals surface area contributed by atoms with Gasteiger partial charge in [0.25, 0.3) is 0 Å². The third-order valence-corrected chi connectivity index (χ3v) is 8.14. The first-order valence-corrected chi connectivity index (χ1v) is 12.2. The minimum atomic E-state index is -0.777. The van der Waals surface area contributed by atoms with Gasteiger partial charge >= 0.3 is 11.7 Å². The predicted octanol–water partition coefficient (Wildman–Crippen LogP) is 3.05. The van der Waals surface area contributed by atoms with E-state index in [9.17, 15) is 14.4 Å². The van der Waals surface area contributed by atoms with Gasteiger partial charge in [-0.1, -0.05) is 24.3 Å². The number of rotatable bonds is 3. The van der Waals surface area contributed by atoms with E-state index in [2.05, 4.69) is 4.98 Å². The summed E-state index contributed by atoms with van der Waals surface area (Å²) in [5.41, 5.74) is 3.32. The van der Waals surface area contributed by atoms with Crippen molar-refractivity contribution in [3.63, 3.8) is 0 Å². The molecule has 180 valence electrons. The van der Waals surface area contributed by atoms with Crippen LogP contribution >= 0.6 is 0 Å². The molecule has 1 aliphatic carbocycles. The first-order chi connectivity index (χ1) is 17.4. The molecular weight excluding hydrogens is 456 g/mol. The van der Waals surface area contributed by atoms with E-state index in [-0.39, 0.29) is 17.6 Å². The van der Waals surface area contributed by atoms with E-state index in [0.717, 1.165) is 40.7 Å². The summed E-state index contributed by atoms with van der Waals surface area (Å²) >= 11 is 0. The number of amides is 1. The number of fused-ring (bicyclic) bond motifs is 3. The molecule has 7 rings (SSSR count). The fourth-order valence-electron chi connectivity index (χ4n) is 6.03. The van der Waals surface area contributed by atoms with Gasteiger partial charge in [-0.15, -0.1) is 0 Å². The quantitative estimate of drug-likeness (QED) is 0.421. The lowest BCUT2D eigenvalue weighted by Gasteiger charge is -2.27. The van der Waals surface area contributed by atoms with Crippen molar-refractivity contribution in [3.05, 3.63) is 94.2 Å². The molecule has 8 heteroatoms. The molecule has 4 heterocycles. The highest BCUT2D eigenvalue weighted by Gasteiger charge is 2.57. The van der Waals surface area contributed by atoms with Gasteiger partial charge in [0.1, 0.15) is 0 Å². The summed E-state index contributed by atoms with van der Waals surface area (Å²) in [7, 11) is 1.77. The van der Waals surface area contributed by atoms with Crippen LogP contribution in [0.5, 0.6) is 0 Å². The number of esters is 1. The van der Waals surface area contributed by atoms with Gasteiger partial charge in [-0.3, -0.25) is 18.9 Å². The standard InChI is InChI=1S/C28H24N4O4/c1-30-22-4-2-3-5-23(22)32(26(30)35)19-8-6-18(7-9-19)27(11-12-27)25(34)31-15-13-28(17-31)21-10-14-29-16-20(21)24(33)36-28/h2-10,14,16H,11-13,15,17H2,1H3/t28-/m0/s1. The zero-order valence-corrected chi connectivity index (χ0v) is 19.8. The number of imidazole rings is 1. The first-order valence-electron chi connectivity index (χ1n) is 12.2. The van der Waals surface area contributed by atoms with Crippen LogP contribution in [0.1, 0.15) is 40.7 Å². The van der Waals surface area contributed by atoms with Crippen LogP contribution in [-0.2, 0) is 27.6 Å². The molecule has 1 atom stereocenters. The van der Waals surface area contributed by atoms with Gasteiger partial charge in [-0.2, -0.15) is 0 Å². The van der Waals surface area contributed by atoms with Crippen LogP contribution in [0.2, 0.25) is 0 Å². The Hall–Kier alpha value is -4.20. The molecule has 8 nitrogen and oxygen atoms in total. The summed E-state index contributed by atoms with van der Waals surface area (Å²) in [5, 5.41) is 0. The van der Waals surface area contributed by atoms with E-state index < -0.39 is 11.0 Å². The summed E-state index contributed by atoms with van der Waals surface area (Å²) in [6.45, 7) is 0.902. The second-order valence-electron chi connectivity index (χ2n) is 10.1. The summed E-state index contributed by atoms with van der Waals surface area (Å²) < 4.78 is 9.15. The summed E-state index contributed by atoms with van der Waals surface area (Å²) in [4.78, 5) is 45.0. The number of hydrogen-bond donors (Lipinski definition) is 0. The smallest absolute Gasteiger partial charge is 0.341 e. The molecule has 0 bridgehead atoms. The first kappa shape index (κ1) is 21.1. The number of ether oxygens (including phenoxy) is 1. The van der Waals surface area contributed by atoms with Crippen molar-refractivity contribution in [3.8, 4) is 5.69 Å². The fourth-order valence-corrected chi connectivity index (χ4v) is 6.03. The van der Waals surface area contributed by atoms with Crippen molar-refractivity contribution in [1.82, 2.24) is 19.0 Å². The molecule has 0 N–H and O–H groups in total. The zero-order chi connectivity index (χ0) is 24.7. The number of likely N-dealkylation sites (tertiary alicyclic amines) is 1. The highest BCUT2D eigenvalue weighted by molar-refractivity contribution is 5.95. The van der Waals surface area contributed by atoms with Crippen molar-refractivity contribution in [2.45, 2.75) is 30.3 Å². The van der Waals surface area contributed by atoms with E-state index in [1.165, 1.54) is 0 Å².